The normalized spacial score (nSPS) is 16.8. The van der Waals surface area contributed by atoms with Gasteiger partial charge in [0.2, 0.25) is 0 Å². The fraction of sp³-hybridized carbons (Fsp3) is 0.929. The summed E-state index contributed by atoms with van der Waals surface area (Å²) in [5, 5.41) is 0. The van der Waals surface area contributed by atoms with Gasteiger partial charge in [-0.05, 0) is 38.5 Å². The lowest BCUT2D eigenvalue weighted by molar-refractivity contribution is 0.0455. The molecule has 0 aromatic heterocycles. The second-order valence-electron chi connectivity index (χ2n) is 4.98. The lowest BCUT2D eigenvalue weighted by Gasteiger charge is -2.27. The second kappa shape index (κ2) is 8.37. The number of ether oxygens (including phenoxy) is 1. The predicted octanol–water partition coefficient (Wildman–Crippen LogP) is 3.97. The number of carbonyl (C=O) groups is 1. The van der Waals surface area contributed by atoms with Gasteiger partial charge in [0.15, 0.2) is 0 Å². The third kappa shape index (κ3) is 5.42. The molecule has 0 bridgehead atoms. The molecule has 1 saturated carbocycles. The first-order chi connectivity index (χ1) is 8.27. The first-order valence-corrected chi connectivity index (χ1v) is 7.23. The second-order valence-corrected chi connectivity index (χ2v) is 4.98. The molecule has 0 atom stereocenters. The summed E-state index contributed by atoms with van der Waals surface area (Å²) in [4.78, 5) is 13.9. The van der Waals surface area contributed by atoms with Crippen LogP contribution >= 0.6 is 0 Å². The average molecular weight is 241 g/mol. The molecule has 0 aromatic carbocycles. The van der Waals surface area contributed by atoms with Gasteiger partial charge in [-0.25, -0.2) is 4.79 Å². The number of hydrogen-bond acceptors (Lipinski definition) is 2. The first-order valence-electron chi connectivity index (χ1n) is 7.23. The van der Waals surface area contributed by atoms with Crippen molar-refractivity contribution < 1.29 is 9.53 Å². The van der Waals surface area contributed by atoms with E-state index in [0.717, 1.165) is 45.2 Å². The molecule has 0 spiro atoms. The maximum absolute atomic E-state index is 12.0. The topological polar surface area (TPSA) is 29.5 Å². The zero-order valence-electron chi connectivity index (χ0n) is 11.4. The van der Waals surface area contributed by atoms with Crippen molar-refractivity contribution in [1.29, 1.82) is 0 Å². The number of rotatable bonds is 6. The maximum atomic E-state index is 12.0. The summed E-state index contributed by atoms with van der Waals surface area (Å²) >= 11 is 0. The molecule has 17 heavy (non-hydrogen) atoms. The van der Waals surface area contributed by atoms with Crippen LogP contribution in [0, 0.1) is 0 Å². The zero-order valence-corrected chi connectivity index (χ0v) is 11.4. The summed E-state index contributed by atoms with van der Waals surface area (Å²) in [5.74, 6) is 0. The quantitative estimate of drug-likeness (QED) is 0.704. The van der Waals surface area contributed by atoms with Crippen LogP contribution in [-0.2, 0) is 4.74 Å². The SMILES string of the molecule is CCCCN(CCC)C(=O)OC1CCCCC1. The number of carbonyl (C=O) groups excluding carboxylic acids is 1. The zero-order chi connectivity index (χ0) is 12.5. The van der Waals surface area contributed by atoms with Crippen LogP contribution in [0.4, 0.5) is 4.79 Å². The molecule has 3 nitrogen and oxygen atoms in total. The summed E-state index contributed by atoms with van der Waals surface area (Å²) in [7, 11) is 0. The highest BCUT2D eigenvalue weighted by atomic mass is 16.6. The molecule has 100 valence electrons. The van der Waals surface area contributed by atoms with Gasteiger partial charge in [-0.2, -0.15) is 0 Å². The van der Waals surface area contributed by atoms with Gasteiger partial charge >= 0.3 is 6.09 Å². The molecular weight excluding hydrogens is 214 g/mol. The highest BCUT2D eigenvalue weighted by Gasteiger charge is 2.21. The molecular formula is C14H27NO2. The van der Waals surface area contributed by atoms with E-state index >= 15 is 0 Å². The largest absolute Gasteiger partial charge is 0.446 e. The van der Waals surface area contributed by atoms with Crippen molar-refractivity contribution in [3.63, 3.8) is 0 Å². The van der Waals surface area contributed by atoms with E-state index in [1.165, 1.54) is 19.3 Å². The lowest BCUT2D eigenvalue weighted by atomic mass is 9.98. The minimum absolute atomic E-state index is 0.0906. The van der Waals surface area contributed by atoms with Crippen molar-refractivity contribution in [3.8, 4) is 0 Å². The highest BCUT2D eigenvalue weighted by Crippen LogP contribution is 2.21. The van der Waals surface area contributed by atoms with Crippen molar-refractivity contribution >= 4 is 6.09 Å². The molecule has 0 unspecified atom stereocenters. The lowest BCUT2D eigenvalue weighted by Crippen LogP contribution is -2.36. The van der Waals surface area contributed by atoms with Crippen molar-refractivity contribution in [2.75, 3.05) is 13.1 Å². The molecule has 0 radical (unpaired) electrons. The number of amides is 1. The maximum Gasteiger partial charge on any atom is 0.410 e. The van der Waals surface area contributed by atoms with E-state index < -0.39 is 0 Å². The van der Waals surface area contributed by atoms with Gasteiger partial charge in [0.05, 0.1) is 0 Å². The van der Waals surface area contributed by atoms with Crippen molar-refractivity contribution in [2.24, 2.45) is 0 Å². The Bertz CT molecular complexity index is 212. The summed E-state index contributed by atoms with van der Waals surface area (Å²) < 4.78 is 5.59. The predicted molar refractivity (Wildman–Crippen MR) is 70.1 cm³/mol. The number of unbranched alkanes of at least 4 members (excludes halogenated alkanes) is 1. The van der Waals surface area contributed by atoms with Gasteiger partial charge in [-0.3, -0.25) is 0 Å². The first kappa shape index (κ1) is 14.3. The summed E-state index contributed by atoms with van der Waals surface area (Å²) in [6, 6.07) is 0. The Morgan fingerprint density at radius 3 is 2.41 bits per heavy atom. The van der Waals surface area contributed by atoms with Crippen molar-refractivity contribution in [3.05, 3.63) is 0 Å². The summed E-state index contributed by atoms with van der Waals surface area (Å²) in [6.07, 6.45) is 9.10. The van der Waals surface area contributed by atoms with Gasteiger partial charge in [0.25, 0.3) is 0 Å². The Labute approximate surface area is 106 Å². The Morgan fingerprint density at radius 2 is 1.82 bits per heavy atom. The third-order valence-corrected chi connectivity index (χ3v) is 3.35. The van der Waals surface area contributed by atoms with Gasteiger partial charge < -0.3 is 9.64 Å². The van der Waals surface area contributed by atoms with Crippen LogP contribution in [0.15, 0.2) is 0 Å². The van der Waals surface area contributed by atoms with Gasteiger partial charge in [-0.15, -0.1) is 0 Å². The Morgan fingerprint density at radius 1 is 1.12 bits per heavy atom. The van der Waals surface area contributed by atoms with Crippen molar-refractivity contribution in [2.45, 2.75) is 71.3 Å². The van der Waals surface area contributed by atoms with E-state index in [1.54, 1.807) is 0 Å². The van der Waals surface area contributed by atoms with E-state index in [0.29, 0.717) is 0 Å². The summed E-state index contributed by atoms with van der Waals surface area (Å²) in [5.41, 5.74) is 0. The smallest absolute Gasteiger partial charge is 0.410 e. The molecule has 0 aliphatic heterocycles. The summed E-state index contributed by atoms with van der Waals surface area (Å²) in [6.45, 7) is 5.92. The molecule has 1 aliphatic carbocycles. The number of nitrogens with zero attached hydrogens (tertiary/aromatic N) is 1. The van der Waals surface area contributed by atoms with Gasteiger partial charge in [-0.1, -0.05) is 26.7 Å². The standard InChI is InChI=1S/C14H27NO2/c1-3-5-12-15(11-4-2)14(16)17-13-9-7-6-8-10-13/h13H,3-12H2,1-2H3. The van der Waals surface area contributed by atoms with Gasteiger partial charge in [0.1, 0.15) is 6.10 Å². The van der Waals surface area contributed by atoms with Crippen LogP contribution in [0.1, 0.15) is 65.2 Å². The monoisotopic (exact) mass is 241 g/mol. The van der Waals surface area contributed by atoms with Crippen LogP contribution in [0.3, 0.4) is 0 Å². The molecule has 1 fully saturated rings. The van der Waals surface area contributed by atoms with Crippen LogP contribution in [0.25, 0.3) is 0 Å². The van der Waals surface area contributed by atoms with Crippen LogP contribution in [0.2, 0.25) is 0 Å². The Balaban J connectivity index is 2.34. The third-order valence-electron chi connectivity index (χ3n) is 3.35. The minimum Gasteiger partial charge on any atom is -0.446 e. The molecule has 0 N–H and O–H groups in total. The molecule has 1 amide bonds. The van der Waals surface area contributed by atoms with E-state index in [2.05, 4.69) is 13.8 Å². The Hall–Kier alpha value is -0.730. The van der Waals surface area contributed by atoms with Gasteiger partial charge in [0, 0.05) is 13.1 Å². The van der Waals surface area contributed by atoms with Crippen LogP contribution in [-0.4, -0.2) is 30.2 Å². The molecule has 0 saturated heterocycles. The van der Waals surface area contributed by atoms with E-state index in [4.69, 9.17) is 4.74 Å². The minimum atomic E-state index is -0.0906. The fourth-order valence-corrected chi connectivity index (χ4v) is 2.31. The van der Waals surface area contributed by atoms with E-state index in [1.807, 2.05) is 4.90 Å². The number of hydrogen-bond donors (Lipinski definition) is 0. The Kier molecular flexibility index (Phi) is 7.06. The molecule has 0 aromatic rings. The van der Waals surface area contributed by atoms with Crippen molar-refractivity contribution in [1.82, 2.24) is 4.90 Å². The average Bonchev–Trinajstić information content (AvgIpc) is 2.35. The van der Waals surface area contributed by atoms with E-state index in [-0.39, 0.29) is 12.2 Å². The molecule has 1 aliphatic rings. The highest BCUT2D eigenvalue weighted by molar-refractivity contribution is 5.67. The molecule has 3 heteroatoms. The molecule has 1 rings (SSSR count). The van der Waals surface area contributed by atoms with Crippen LogP contribution < -0.4 is 0 Å². The van der Waals surface area contributed by atoms with E-state index in [9.17, 15) is 4.79 Å². The molecule has 0 heterocycles. The van der Waals surface area contributed by atoms with Crippen LogP contribution in [0.5, 0.6) is 0 Å². The fourth-order valence-electron chi connectivity index (χ4n) is 2.31.